The number of nitrogens with zero attached hydrogens (tertiary/aromatic N) is 3. The highest BCUT2D eigenvalue weighted by molar-refractivity contribution is 5.62. The van der Waals surface area contributed by atoms with E-state index in [2.05, 4.69) is 15.6 Å². The molecule has 0 aliphatic heterocycles. The Kier molecular flexibility index (Phi) is 3.75. The summed E-state index contributed by atoms with van der Waals surface area (Å²) in [6.07, 6.45) is 1.58. The highest BCUT2D eigenvalue weighted by Crippen LogP contribution is 2.25. The van der Waals surface area contributed by atoms with Crippen LogP contribution in [-0.2, 0) is 6.54 Å². The Morgan fingerprint density at radius 2 is 1.95 bits per heavy atom. The lowest BCUT2D eigenvalue weighted by Gasteiger charge is -2.09. The zero-order valence-corrected chi connectivity index (χ0v) is 11.6. The smallest absolute Gasteiger partial charge is 0.132 e. The summed E-state index contributed by atoms with van der Waals surface area (Å²) >= 11 is 0. The Hall–Kier alpha value is -2.53. The maximum Gasteiger partial charge on any atom is 0.132 e. The normalized spacial score (nSPS) is 10.8. The minimum absolute atomic E-state index is 0.283. The van der Waals surface area contributed by atoms with Gasteiger partial charge >= 0.3 is 0 Å². The average molecular weight is 282 g/mol. The molecule has 0 radical (unpaired) electrons. The van der Waals surface area contributed by atoms with Crippen LogP contribution in [0.1, 0.15) is 5.56 Å². The number of halogens is 1. The van der Waals surface area contributed by atoms with Gasteiger partial charge in [-0.15, -0.1) is 5.10 Å². The van der Waals surface area contributed by atoms with E-state index in [1.54, 1.807) is 16.9 Å². The van der Waals surface area contributed by atoms with E-state index >= 15 is 0 Å². The van der Waals surface area contributed by atoms with E-state index in [1.165, 1.54) is 6.07 Å². The first-order valence-corrected chi connectivity index (χ1v) is 6.69. The molecule has 4 nitrogen and oxygen atoms in total. The fraction of sp³-hybridized carbons (Fsp3) is 0.125. The van der Waals surface area contributed by atoms with Gasteiger partial charge in [-0.3, -0.25) is 0 Å². The zero-order chi connectivity index (χ0) is 14.7. The first-order valence-electron chi connectivity index (χ1n) is 6.69. The molecule has 0 saturated carbocycles. The van der Waals surface area contributed by atoms with E-state index in [4.69, 9.17) is 0 Å². The summed E-state index contributed by atoms with van der Waals surface area (Å²) < 4.78 is 15.8. The van der Waals surface area contributed by atoms with Crippen molar-refractivity contribution in [3.8, 4) is 16.9 Å². The first kappa shape index (κ1) is 13.5. The van der Waals surface area contributed by atoms with Crippen molar-refractivity contribution in [1.29, 1.82) is 0 Å². The SMILES string of the molecule is CNCc1ccc(F)c(-c2cnnn2-c2ccccc2)c1. The highest BCUT2D eigenvalue weighted by atomic mass is 19.1. The lowest BCUT2D eigenvalue weighted by atomic mass is 10.1. The number of hydrogen-bond donors (Lipinski definition) is 1. The number of nitrogens with one attached hydrogen (secondary N) is 1. The molecule has 3 rings (SSSR count). The highest BCUT2D eigenvalue weighted by Gasteiger charge is 2.13. The zero-order valence-electron chi connectivity index (χ0n) is 11.6. The lowest BCUT2D eigenvalue weighted by Crippen LogP contribution is -2.06. The van der Waals surface area contributed by atoms with Gasteiger partial charge in [0, 0.05) is 12.1 Å². The maximum atomic E-state index is 14.2. The molecule has 0 aliphatic carbocycles. The summed E-state index contributed by atoms with van der Waals surface area (Å²) in [7, 11) is 1.86. The molecular formula is C16H15FN4. The summed E-state index contributed by atoms with van der Waals surface area (Å²) in [4.78, 5) is 0. The molecule has 5 heteroatoms. The van der Waals surface area contributed by atoms with Gasteiger partial charge in [0.05, 0.1) is 17.6 Å². The molecule has 3 aromatic rings. The van der Waals surface area contributed by atoms with Gasteiger partial charge in [0.15, 0.2) is 0 Å². The van der Waals surface area contributed by atoms with Crippen LogP contribution in [0, 0.1) is 5.82 Å². The van der Waals surface area contributed by atoms with Crippen LogP contribution in [0.25, 0.3) is 16.9 Å². The second-order valence-electron chi connectivity index (χ2n) is 4.71. The second-order valence-corrected chi connectivity index (χ2v) is 4.71. The van der Waals surface area contributed by atoms with Crippen LogP contribution in [0.15, 0.2) is 54.7 Å². The lowest BCUT2D eigenvalue weighted by molar-refractivity contribution is 0.628. The van der Waals surface area contributed by atoms with Crippen molar-refractivity contribution in [1.82, 2.24) is 20.3 Å². The van der Waals surface area contributed by atoms with E-state index in [-0.39, 0.29) is 5.82 Å². The predicted octanol–water partition coefficient (Wildman–Crippen LogP) is 2.79. The number of rotatable bonds is 4. The van der Waals surface area contributed by atoms with Crippen molar-refractivity contribution in [2.75, 3.05) is 7.05 Å². The van der Waals surface area contributed by atoms with Crippen molar-refractivity contribution in [3.05, 3.63) is 66.1 Å². The summed E-state index contributed by atoms with van der Waals surface area (Å²) in [5.41, 5.74) is 2.99. The number of benzene rings is 2. The van der Waals surface area contributed by atoms with Gasteiger partial charge in [-0.25, -0.2) is 9.07 Å². The minimum Gasteiger partial charge on any atom is -0.316 e. The third-order valence-electron chi connectivity index (χ3n) is 3.24. The molecule has 0 atom stereocenters. The largest absolute Gasteiger partial charge is 0.316 e. The minimum atomic E-state index is -0.283. The molecule has 0 saturated heterocycles. The van der Waals surface area contributed by atoms with E-state index in [9.17, 15) is 4.39 Å². The summed E-state index contributed by atoms with van der Waals surface area (Å²) in [5.74, 6) is -0.283. The van der Waals surface area contributed by atoms with Crippen LogP contribution >= 0.6 is 0 Å². The monoisotopic (exact) mass is 282 g/mol. The summed E-state index contributed by atoms with van der Waals surface area (Å²) in [6, 6.07) is 14.6. The van der Waals surface area contributed by atoms with Crippen LogP contribution < -0.4 is 5.32 Å². The standard InChI is InChI=1S/C16H15FN4/c1-18-10-12-7-8-15(17)14(9-12)16-11-19-20-21(16)13-5-3-2-4-6-13/h2-9,11,18H,10H2,1H3. The van der Waals surface area contributed by atoms with E-state index in [1.807, 2.05) is 43.4 Å². The van der Waals surface area contributed by atoms with Crippen LogP contribution in [0.4, 0.5) is 4.39 Å². The van der Waals surface area contributed by atoms with E-state index in [0.717, 1.165) is 11.3 Å². The molecule has 0 aliphatic rings. The molecule has 1 N–H and O–H groups in total. The van der Waals surface area contributed by atoms with Gasteiger partial charge in [-0.2, -0.15) is 0 Å². The molecule has 1 aromatic heterocycles. The van der Waals surface area contributed by atoms with Crippen LogP contribution in [0.2, 0.25) is 0 Å². The maximum absolute atomic E-state index is 14.2. The molecule has 0 amide bonds. The molecular weight excluding hydrogens is 267 g/mol. The molecule has 106 valence electrons. The first-order chi connectivity index (χ1) is 10.3. The average Bonchev–Trinajstić information content (AvgIpc) is 3.00. The summed E-state index contributed by atoms with van der Waals surface area (Å²) in [5, 5.41) is 11.0. The van der Waals surface area contributed by atoms with Crippen molar-refractivity contribution < 1.29 is 4.39 Å². The van der Waals surface area contributed by atoms with E-state index in [0.29, 0.717) is 17.8 Å². The second kappa shape index (κ2) is 5.85. The van der Waals surface area contributed by atoms with Crippen molar-refractivity contribution in [2.24, 2.45) is 0 Å². The molecule has 0 unspecified atom stereocenters. The third-order valence-corrected chi connectivity index (χ3v) is 3.24. The molecule has 1 heterocycles. The Bertz CT molecular complexity index is 737. The molecule has 21 heavy (non-hydrogen) atoms. The van der Waals surface area contributed by atoms with Gasteiger partial charge in [0.1, 0.15) is 5.82 Å². The number of para-hydroxylation sites is 1. The van der Waals surface area contributed by atoms with Crippen LogP contribution in [0.3, 0.4) is 0 Å². The third kappa shape index (κ3) is 2.68. The fourth-order valence-corrected chi connectivity index (χ4v) is 2.26. The predicted molar refractivity (Wildman–Crippen MR) is 79.5 cm³/mol. The molecule has 2 aromatic carbocycles. The molecule has 0 bridgehead atoms. The van der Waals surface area contributed by atoms with Crippen molar-refractivity contribution in [3.63, 3.8) is 0 Å². The Balaban J connectivity index is 2.10. The Morgan fingerprint density at radius 1 is 1.14 bits per heavy atom. The van der Waals surface area contributed by atoms with Crippen molar-refractivity contribution in [2.45, 2.75) is 6.54 Å². The van der Waals surface area contributed by atoms with Gasteiger partial charge in [-0.1, -0.05) is 29.5 Å². The molecule has 0 fully saturated rings. The van der Waals surface area contributed by atoms with Crippen LogP contribution in [0.5, 0.6) is 0 Å². The van der Waals surface area contributed by atoms with Gasteiger partial charge < -0.3 is 5.32 Å². The number of hydrogen-bond acceptors (Lipinski definition) is 3. The fourth-order valence-electron chi connectivity index (χ4n) is 2.26. The Morgan fingerprint density at radius 3 is 2.71 bits per heavy atom. The van der Waals surface area contributed by atoms with Gasteiger partial charge in [-0.05, 0) is 36.9 Å². The van der Waals surface area contributed by atoms with Crippen molar-refractivity contribution >= 4 is 0 Å². The number of aromatic nitrogens is 3. The van der Waals surface area contributed by atoms with Gasteiger partial charge in [0.25, 0.3) is 0 Å². The summed E-state index contributed by atoms with van der Waals surface area (Å²) in [6.45, 7) is 0.681. The quantitative estimate of drug-likeness (QED) is 0.800. The van der Waals surface area contributed by atoms with Gasteiger partial charge in [0.2, 0.25) is 0 Å². The Labute approximate surface area is 122 Å². The molecule has 0 spiro atoms. The topological polar surface area (TPSA) is 42.7 Å². The van der Waals surface area contributed by atoms with Crippen LogP contribution in [-0.4, -0.2) is 22.0 Å². The van der Waals surface area contributed by atoms with E-state index < -0.39 is 0 Å².